The van der Waals surface area contributed by atoms with Gasteiger partial charge in [-0.25, -0.2) is 0 Å². The zero-order chi connectivity index (χ0) is 16.7. The van der Waals surface area contributed by atoms with Gasteiger partial charge in [-0.05, 0) is 55.7 Å². The minimum Gasteiger partial charge on any atom is -0.271 e. The first-order chi connectivity index (χ1) is 11.6. The van der Waals surface area contributed by atoms with Gasteiger partial charge in [0.05, 0.1) is 5.69 Å². The number of pyridine rings is 1. The maximum absolute atomic E-state index is 4.77. The predicted octanol–water partition coefficient (Wildman–Crippen LogP) is 5.02. The third kappa shape index (κ3) is 2.49. The highest BCUT2D eigenvalue weighted by Gasteiger charge is 2.42. The molecule has 3 aromatic rings. The maximum Gasteiger partial charge on any atom is 0.0941 e. The molecule has 1 aromatic carbocycles. The summed E-state index contributed by atoms with van der Waals surface area (Å²) in [5.74, 6) is 0. The Morgan fingerprint density at radius 2 is 1.83 bits per heavy atom. The van der Waals surface area contributed by atoms with Gasteiger partial charge in [0.2, 0.25) is 0 Å². The fourth-order valence-corrected chi connectivity index (χ4v) is 3.93. The summed E-state index contributed by atoms with van der Waals surface area (Å²) in [5.41, 5.74) is 5.88. The van der Waals surface area contributed by atoms with Crippen LogP contribution in [-0.2, 0) is 12.5 Å². The molecule has 1 saturated carbocycles. The molecule has 0 N–H and O–H groups in total. The van der Waals surface area contributed by atoms with Gasteiger partial charge in [-0.2, -0.15) is 5.10 Å². The molecule has 0 saturated heterocycles. The number of nitrogens with zero attached hydrogens (tertiary/aromatic N) is 3. The van der Waals surface area contributed by atoms with Crippen LogP contribution in [0.25, 0.3) is 11.3 Å². The van der Waals surface area contributed by atoms with Crippen LogP contribution in [-0.4, -0.2) is 14.8 Å². The van der Waals surface area contributed by atoms with Crippen LogP contribution in [0.5, 0.6) is 0 Å². The highest BCUT2D eigenvalue weighted by Crippen LogP contribution is 2.49. The normalized spacial score (nSPS) is 16.0. The zero-order valence-electron chi connectivity index (χ0n) is 14.0. The molecule has 0 bridgehead atoms. The van der Waals surface area contributed by atoms with Crippen LogP contribution in [0, 0.1) is 6.92 Å². The first-order valence-electron chi connectivity index (χ1n) is 8.32. The molecule has 1 fully saturated rings. The number of benzene rings is 1. The van der Waals surface area contributed by atoms with E-state index in [4.69, 9.17) is 5.10 Å². The Morgan fingerprint density at radius 3 is 2.42 bits per heavy atom. The van der Waals surface area contributed by atoms with Gasteiger partial charge in [0.25, 0.3) is 0 Å². The first kappa shape index (κ1) is 15.6. The van der Waals surface area contributed by atoms with Crippen molar-refractivity contribution in [3.8, 4) is 11.3 Å². The molecule has 2 heterocycles. The molecule has 0 unspecified atom stereocenters. The number of hydrogen-bond donors (Lipinski definition) is 0. The highest BCUT2D eigenvalue weighted by molar-refractivity contribution is 9.10. The SMILES string of the molecule is Cc1ccc(-c2cc(C3(c4ccc(Br)cc4)CCC3)n(C)n2)cn1. The van der Waals surface area contributed by atoms with E-state index in [2.05, 4.69) is 69.0 Å². The molecule has 122 valence electrons. The molecule has 1 aliphatic rings. The van der Waals surface area contributed by atoms with Crippen molar-refractivity contribution in [3.05, 3.63) is 70.1 Å². The lowest BCUT2D eigenvalue weighted by Crippen LogP contribution is -2.37. The summed E-state index contributed by atoms with van der Waals surface area (Å²) in [6.45, 7) is 2.00. The minimum absolute atomic E-state index is 0.0961. The molecule has 4 rings (SSSR count). The second kappa shape index (κ2) is 5.85. The van der Waals surface area contributed by atoms with Crippen LogP contribution >= 0.6 is 15.9 Å². The Hall–Kier alpha value is -1.94. The second-order valence-electron chi connectivity index (χ2n) is 6.67. The van der Waals surface area contributed by atoms with E-state index in [1.165, 1.54) is 30.5 Å². The van der Waals surface area contributed by atoms with Crippen molar-refractivity contribution in [3.63, 3.8) is 0 Å². The quantitative estimate of drug-likeness (QED) is 0.637. The van der Waals surface area contributed by atoms with Gasteiger partial charge in [0.1, 0.15) is 0 Å². The van der Waals surface area contributed by atoms with E-state index in [1.807, 2.05) is 19.2 Å². The first-order valence-corrected chi connectivity index (χ1v) is 9.11. The van der Waals surface area contributed by atoms with E-state index in [0.29, 0.717) is 0 Å². The molecule has 24 heavy (non-hydrogen) atoms. The average Bonchev–Trinajstić information content (AvgIpc) is 2.91. The summed E-state index contributed by atoms with van der Waals surface area (Å²) in [7, 11) is 2.05. The van der Waals surface area contributed by atoms with E-state index in [0.717, 1.165) is 21.4 Å². The fourth-order valence-electron chi connectivity index (χ4n) is 3.67. The summed E-state index contributed by atoms with van der Waals surface area (Å²) in [5, 5.41) is 4.77. The number of aryl methyl sites for hydroxylation is 2. The van der Waals surface area contributed by atoms with Crippen molar-refractivity contribution in [1.29, 1.82) is 0 Å². The Balaban J connectivity index is 1.78. The van der Waals surface area contributed by atoms with Gasteiger partial charge in [-0.1, -0.05) is 34.5 Å². The molecule has 2 aromatic heterocycles. The molecule has 0 spiro atoms. The number of rotatable bonds is 3. The van der Waals surface area contributed by atoms with Crippen molar-refractivity contribution < 1.29 is 0 Å². The van der Waals surface area contributed by atoms with E-state index < -0.39 is 0 Å². The van der Waals surface area contributed by atoms with E-state index in [1.54, 1.807) is 0 Å². The average molecular weight is 382 g/mol. The van der Waals surface area contributed by atoms with E-state index in [-0.39, 0.29) is 5.41 Å². The van der Waals surface area contributed by atoms with Crippen LogP contribution in [0.1, 0.15) is 36.2 Å². The van der Waals surface area contributed by atoms with Gasteiger partial charge >= 0.3 is 0 Å². The molecule has 0 radical (unpaired) electrons. The van der Waals surface area contributed by atoms with Crippen molar-refractivity contribution in [1.82, 2.24) is 14.8 Å². The topological polar surface area (TPSA) is 30.7 Å². The predicted molar refractivity (Wildman–Crippen MR) is 99.9 cm³/mol. The Morgan fingerprint density at radius 1 is 1.08 bits per heavy atom. The largest absolute Gasteiger partial charge is 0.271 e. The van der Waals surface area contributed by atoms with Crippen LogP contribution in [0.15, 0.2) is 53.1 Å². The van der Waals surface area contributed by atoms with Crippen molar-refractivity contribution in [2.24, 2.45) is 7.05 Å². The molecule has 0 aliphatic heterocycles. The lowest BCUT2D eigenvalue weighted by atomic mass is 9.62. The Kier molecular flexibility index (Phi) is 3.80. The van der Waals surface area contributed by atoms with E-state index >= 15 is 0 Å². The van der Waals surface area contributed by atoms with Crippen molar-refractivity contribution in [2.45, 2.75) is 31.6 Å². The standard InChI is InChI=1S/C20H20BrN3/c1-14-4-5-15(13-22-14)18-12-19(24(2)23-18)20(10-3-11-20)16-6-8-17(21)9-7-16/h4-9,12-13H,3,10-11H2,1-2H3. The molecule has 0 amide bonds. The third-order valence-corrected chi connectivity index (χ3v) is 5.71. The summed E-state index contributed by atoms with van der Waals surface area (Å²) in [6, 6.07) is 15.1. The zero-order valence-corrected chi connectivity index (χ0v) is 15.5. The number of aromatic nitrogens is 3. The molecular weight excluding hydrogens is 362 g/mol. The summed E-state index contributed by atoms with van der Waals surface area (Å²) < 4.78 is 3.17. The third-order valence-electron chi connectivity index (χ3n) is 5.18. The van der Waals surface area contributed by atoms with Crippen LogP contribution in [0.3, 0.4) is 0 Å². The number of halogens is 1. The molecule has 4 heteroatoms. The molecular formula is C20H20BrN3. The number of hydrogen-bond acceptors (Lipinski definition) is 2. The Labute approximate surface area is 150 Å². The summed E-state index contributed by atoms with van der Waals surface area (Å²) >= 11 is 3.54. The van der Waals surface area contributed by atoms with E-state index in [9.17, 15) is 0 Å². The van der Waals surface area contributed by atoms with Gasteiger partial charge in [0, 0.05) is 40.1 Å². The minimum atomic E-state index is 0.0961. The maximum atomic E-state index is 4.77. The molecule has 1 aliphatic carbocycles. The molecule has 0 atom stereocenters. The monoisotopic (exact) mass is 381 g/mol. The summed E-state index contributed by atoms with van der Waals surface area (Å²) in [6.07, 6.45) is 5.54. The van der Waals surface area contributed by atoms with Gasteiger partial charge in [-0.3, -0.25) is 9.67 Å². The molecule has 3 nitrogen and oxygen atoms in total. The lowest BCUT2D eigenvalue weighted by Gasteiger charge is -2.42. The van der Waals surface area contributed by atoms with Crippen molar-refractivity contribution >= 4 is 15.9 Å². The van der Waals surface area contributed by atoms with Crippen LogP contribution < -0.4 is 0 Å². The Bertz CT molecular complexity index is 859. The van der Waals surface area contributed by atoms with Gasteiger partial charge in [-0.15, -0.1) is 0 Å². The summed E-state index contributed by atoms with van der Waals surface area (Å²) in [4.78, 5) is 4.40. The van der Waals surface area contributed by atoms with Crippen molar-refractivity contribution in [2.75, 3.05) is 0 Å². The van der Waals surface area contributed by atoms with Gasteiger partial charge < -0.3 is 0 Å². The smallest absolute Gasteiger partial charge is 0.0941 e. The lowest BCUT2D eigenvalue weighted by molar-refractivity contribution is 0.284. The van der Waals surface area contributed by atoms with Crippen LogP contribution in [0.2, 0.25) is 0 Å². The fraction of sp³-hybridized carbons (Fsp3) is 0.300. The van der Waals surface area contributed by atoms with Crippen LogP contribution in [0.4, 0.5) is 0 Å². The second-order valence-corrected chi connectivity index (χ2v) is 7.58. The highest BCUT2D eigenvalue weighted by atomic mass is 79.9. The van der Waals surface area contributed by atoms with Gasteiger partial charge in [0.15, 0.2) is 0 Å².